The average molecular weight is 262 g/mol. The number of anilines is 2. The van der Waals surface area contributed by atoms with Crippen molar-refractivity contribution in [2.24, 2.45) is 5.92 Å². The Labute approximate surface area is 111 Å². The molecule has 0 aromatic carbocycles. The molecular weight excluding hydrogens is 244 g/mol. The van der Waals surface area contributed by atoms with Crippen LogP contribution in [0.5, 0.6) is 0 Å². The summed E-state index contributed by atoms with van der Waals surface area (Å²) < 4.78 is 0. The number of nitrogens with zero attached hydrogens (tertiary/aromatic N) is 2. The smallest absolute Gasteiger partial charge is 0.226 e. The molecule has 2 aromatic heterocycles. The van der Waals surface area contributed by atoms with Crippen LogP contribution >= 0.6 is 11.3 Å². The van der Waals surface area contributed by atoms with Crippen LogP contribution in [0, 0.1) is 5.92 Å². The van der Waals surface area contributed by atoms with E-state index < -0.39 is 0 Å². The molecule has 0 unspecified atom stereocenters. The summed E-state index contributed by atoms with van der Waals surface area (Å²) in [6, 6.07) is 2.10. The largest absolute Gasteiger partial charge is 0.369 e. The second kappa shape index (κ2) is 5.10. The lowest BCUT2D eigenvalue weighted by molar-refractivity contribution is 0.882. The molecule has 96 valence electrons. The third kappa shape index (κ3) is 2.56. The molecule has 1 fully saturated rings. The Balaban J connectivity index is 1.84. The zero-order chi connectivity index (χ0) is 12.4. The first-order valence-corrected chi connectivity index (χ1v) is 7.47. The molecule has 2 heterocycles. The molecule has 2 N–H and O–H groups in total. The molecule has 1 saturated carbocycles. The van der Waals surface area contributed by atoms with Gasteiger partial charge in [0.05, 0.1) is 5.39 Å². The van der Waals surface area contributed by atoms with Crippen molar-refractivity contribution in [2.45, 2.75) is 26.2 Å². The van der Waals surface area contributed by atoms with Crippen LogP contribution in [0.1, 0.15) is 26.2 Å². The van der Waals surface area contributed by atoms with Gasteiger partial charge in [0.1, 0.15) is 10.6 Å². The van der Waals surface area contributed by atoms with Gasteiger partial charge in [0.2, 0.25) is 5.95 Å². The first-order valence-electron chi connectivity index (χ1n) is 6.60. The van der Waals surface area contributed by atoms with Crippen molar-refractivity contribution >= 4 is 33.3 Å². The summed E-state index contributed by atoms with van der Waals surface area (Å²) in [5.41, 5.74) is 0. The van der Waals surface area contributed by atoms with E-state index in [9.17, 15) is 0 Å². The van der Waals surface area contributed by atoms with Crippen molar-refractivity contribution < 1.29 is 0 Å². The second-order valence-electron chi connectivity index (χ2n) is 4.79. The lowest BCUT2D eigenvalue weighted by atomic mass is 10.3. The highest BCUT2D eigenvalue weighted by atomic mass is 32.1. The van der Waals surface area contributed by atoms with Crippen molar-refractivity contribution in [3.8, 4) is 0 Å². The van der Waals surface area contributed by atoms with Crippen molar-refractivity contribution in [3.63, 3.8) is 0 Å². The number of nitrogens with one attached hydrogen (secondary N) is 2. The molecule has 0 spiro atoms. The minimum Gasteiger partial charge on any atom is -0.369 e. The van der Waals surface area contributed by atoms with Gasteiger partial charge in [-0.05, 0) is 36.6 Å². The maximum Gasteiger partial charge on any atom is 0.226 e. The molecule has 18 heavy (non-hydrogen) atoms. The van der Waals surface area contributed by atoms with Gasteiger partial charge in [0, 0.05) is 13.1 Å². The maximum atomic E-state index is 4.58. The molecule has 0 bridgehead atoms. The van der Waals surface area contributed by atoms with Gasteiger partial charge in [0.15, 0.2) is 0 Å². The highest BCUT2D eigenvalue weighted by Gasteiger charge is 2.21. The number of thiophene rings is 1. The van der Waals surface area contributed by atoms with E-state index >= 15 is 0 Å². The van der Waals surface area contributed by atoms with E-state index in [4.69, 9.17) is 0 Å². The van der Waals surface area contributed by atoms with E-state index in [2.05, 4.69) is 39.0 Å². The molecule has 0 amide bonds. The first-order chi connectivity index (χ1) is 8.86. The van der Waals surface area contributed by atoms with Crippen LogP contribution in [0.4, 0.5) is 11.8 Å². The molecule has 0 saturated heterocycles. The number of hydrogen-bond acceptors (Lipinski definition) is 5. The van der Waals surface area contributed by atoms with Crippen LogP contribution in [0.2, 0.25) is 0 Å². The summed E-state index contributed by atoms with van der Waals surface area (Å²) in [6.07, 6.45) is 3.79. The molecule has 1 aliphatic carbocycles. The Morgan fingerprint density at radius 1 is 1.33 bits per heavy atom. The van der Waals surface area contributed by atoms with Gasteiger partial charge in [-0.3, -0.25) is 0 Å². The predicted molar refractivity (Wildman–Crippen MR) is 77.4 cm³/mol. The fourth-order valence-corrected chi connectivity index (χ4v) is 2.63. The minimum atomic E-state index is 0.741. The zero-order valence-electron chi connectivity index (χ0n) is 10.6. The van der Waals surface area contributed by atoms with E-state index in [0.29, 0.717) is 0 Å². The normalized spacial score (nSPS) is 14.9. The molecule has 5 heteroatoms. The molecule has 2 aromatic rings. The number of fused-ring (bicyclic) bond motifs is 1. The fourth-order valence-electron chi connectivity index (χ4n) is 1.87. The Morgan fingerprint density at radius 2 is 2.22 bits per heavy atom. The Morgan fingerprint density at radius 3 is 3.00 bits per heavy atom. The van der Waals surface area contributed by atoms with E-state index in [0.717, 1.165) is 47.4 Å². The molecule has 1 aliphatic rings. The molecular formula is C13H18N4S. The molecule has 0 atom stereocenters. The van der Waals surface area contributed by atoms with Gasteiger partial charge >= 0.3 is 0 Å². The lowest BCUT2D eigenvalue weighted by Crippen LogP contribution is -2.09. The average Bonchev–Trinajstić information content (AvgIpc) is 3.09. The van der Waals surface area contributed by atoms with E-state index in [-0.39, 0.29) is 0 Å². The fraction of sp³-hybridized carbons (Fsp3) is 0.538. The summed E-state index contributed by atoms with van der Waals surface area (Å²) in [4.78, 5) is 10.2. The van der Waals surface area contributed by atoms with Crippen LogP contribution in [0.3, 0.4) is 0 Å². The topological polar surface area (TPSA) is 49.8 Å². The lowest BCUT2D eigenvalue weighted by Gasteiger charge is -2.09. The van der Waals surface area contributed by atoms with Gasteiger partial charge in [-0.1, -0.05) is 6.92 Å². The highest BCUT2D eigenvalue weighted by molar-refractivity contribution is 7.16. The number of hydrogen-bond donors (Lipinski definition) is 2. The Kier molecular flexibility index (Phi) is 3.32. The van der Waals surface area contributed by atoms with E-state index in [1.54, 1.807) is 11.3 Å². The van der Waals surface area contributed by atoms with E-state index in [1.165, 1.54) is 12.8 Å². The summed E-state index contributed by atoms with van der Waals surface area (Å²) in [5, 5.41) is 9.95. The Bertz CT molecular complexity index is 533. The van der Waals surface area contributed by atoms with Gasteiger partial charge in [-0.15, -0.1) is 11.3 Å². The summed E-state index contributed by atoms with van der Waals surface area (Å²) in [6.45, 7) is 4.09. The number of aromatic nitrogens is 2. The van der Waals surface area contributed by atoms with Gasteiger partial charge in [0.25, 0.3) is 0 Å². The van der Waals surface area contributed by atoms with Crippen LogP contribution in [-0.2, 0) is 0 Å². The third-order valence-electron chi connectivity index (χ3n) is 3.11. The standard InChI is InChI=1S/C13H18N4S/c1-2-6-14-13-16-11(15-8-9-3-4-9)10-5-7-18-12(10)17-13/h5,7,9H,2-4,6,8H2,1H3,(H2,14,15,16,17). The molecule has 0 aliphatic heterocycles. The number of rotatable bonds is 6. The maximum absolute atomic E-state index is 4.58. The van der Waals surface area contributed by atoms with Crippen LogP contribution < -0.4 is 10.6 Å². The van der Waals surface area contributed by atoms with Crippen molar-refractivity contribution in [1.29, 1.82) is 0 Å². The zero-order valence-corrected chi connectivity index (χ0v) is 11.4. The van der Waals surface area contributed by atoms with Crippen molar-refractivity contribution in [1.82, 2.24) is 9.97 Å². The van der Waals surface area contributed by atoms with Gasteiger partial charge in [-0.25, -0.2) is 4.98 Å². The monoisotopic (exact) mass is 262 g/mol. The van der Waals surface area contributed by atoms with Crippen LogP contribution in [0.25, 0.3) is 10.2 Å². The second-order valence-corrected chi connectivity index (χ2v) is 5.68. The van der Waals surface area contributed by atoms with Gasteiger partial charge < -0.3 is 10.6 Å². The summed E-state index contributed by atoms with van der Waals surface area (Å²) in [7, 11) is 0. The van der Waals surface area contributed by atoms with E-state index in [1.807, 2.05) is 0 Å². The predicted octanol–water partition coefficient (Wildman–Crippen LogP) is 3.34. The minimum absolute atomic E-state index is 0.741. The third-order valence-corrected chi connectivity index (χ3v) is 3.92. The van der Waals surface area contributed by atoms with Crippen LogP contribution in [-0.4, -0.2) is 23.1 Å². The Hall–Kier alpha value is -1.36. The van der Waals surface area contributed by atoms with Crippen molar-refractivity contribution in [3.05, 3.63) is 11.4 Å². The quantitative estimate of drug-likeness (QED) is 0.838. The first kappa shape index (κ1) is 11.7. The van der Waals surface area contributed by atoms with Crippen molar-refractivity contribution in [2.75, 3.05) is 23.7 Å². The molecule has 0 radical (unpaired) electrons. The molecule has 3 rings (SSSR count). The summed E-state index contributed by atoms with van der Waals surface area (Å²) in [5.74, 6) is 2.57. The summed E-state index contributed by atoms with van der Waals surface area (Å²) >= 11 is 1.67. The highest BCUT2D eigenvalue weighted by Crippen LogP contribution is 2.31. The van der Waals surface area contributed by atoms with Crippen LogP contribution in [0.15, 0.2) is 11.4 Å². The molecule has 4 nitrogen and oxygen atoms in total. The SMILES string of the molecule is CCCNc1nc(NCC2CC2)c2ccsc2n1. The van der Waals surface area contributed by atoms with Gasteiger partial charge in [-0.2, -0.15) is 4.98 Å².